The molecule has 1 aliphatic heterocycles. The lowest BCUT2D eigenvalue weighted by Crippen LogP contribution is -2.51. The van der Waals surface area contributed by atoms with Crippen LogP contribution in [0.3, 0.4) is 0 Å². The van der Waals surface area contributed by atoms with E-state index in [0.717, 1.165) is 5.56 Å². The Morgan fingerprint density at radius 1 is 1.42 bits per heavy atom. The van der Waals surface area contributed by atoms with Crippen LogP contribution in [0.25, 0.3) is 0 Å². The summed E-state index contributed by atoms with van der Waals surface area (Å²) in [6.07, 6.45) is -0.370. The molecule has 0 aromatic heterocycles. The second kappa shape index (κ2) is 5.58. The van der Waals surface area contributed by atoms with Gasteiger partial charge in [0, 0.05) is 19.6 Å². The molecule has 1 saturated heterocycles. The van der Waals surface area contributed by atoms with Crippen LogP contribution in [0.15, 0.2) is 29.2 Å². The zero-order chi connectivity index (χ0) is 14.0. The van der Waals surface area contributed by atoms with Gasteiger partial charge in [0.25, 0.3) is 0 Å². The van der Waals surface area contributed by atoms with Gasteiger partial charge in [-0.05, 0) is 31.5 Å². The van der Waals surface area contributed by atoms with Gasteiger partial charge in [-0.25, -0.2) is 8.42 Å². The van der Waals surface area contributed by atoms with E-state index in [9.17, 15) is 8.42 Å². The molecule has 1 fully saturated rings. The average Bonchev–Trinajstić information content (AvgIpc) is 2.38. The molecule has 2 rings (SSSR count). The summed E-state index contributed by atoms with van der Waals surface area (Å²) in [4.78, 5) is 0.331. The Hall–Kier alpha value is -0.950. The third-order valence-corrected chi connectivity index (χ3v) is 5.01. The highest BCUT2D eigenvalue weighted by molar-refractivity contribution is 7.89. The first-order valence-electron chi connectivity index (χ1n) is 6.36. The van der Waals surface area contributed by atoms with Gasteiger partial charge in [-0.15, -0.1) is 0 Å². The molecule has 5 nitrogen and oxygen atoms in total. The van der Waals surface area contributed by atoms with Gasteiger partial charge in [0.05, 0.1) is 17.1 Å². The normalized spacial score (nSPS) is 25.4. The van der Waals surface area contributed by atoms with Crippen LogP contribution in [0.1, 0.15) is 12.5 Å². The van der Waals surface area contributed by atoms with Gasteiger partial charge >= 0.3 is 0 Å². The molecular formula is C13H20N2O3S. The number of benzene rings is 1. The maximum atomic E-state index is 12.6. The Labute approximate surface area is 114 Å². The predicted molar refractivity (Wildman–Crippen MR) is 73.3 cm³/mol. The molecule has 0 aliphatic carbocycles. The maximum Gasteiger partial charge on any atom is 0.243 e. The largest absolute Gasteiger partial charge is 0.371 e. The third-order valence-electron chi connectivity index (χ3n) is 3.18. The number of rotatable bonds is 3. The molecule has 1 heterocycles. The van der Waals surface area contributed by atoms with Crippen LogP contribution in [0.2, 0.25) is 0 Å². The van der Waals surface area contributed by atoms with E-state index in [1.54, 1.807) is 18.2 Å². The van der Waals surface area contributed by atoms with Crippen molar-refractivity contribution in [2.24, 2.45) is 5.73 Å². The van der Waals surface area contributed by atoms with Gasteiger partial charge in [0.2, 0.25) is 10.0 Å². The minimum atomic E-state index is -3.46. The van der Waals surface area contributed by atoms with Crippen LogP contribution in [-0.2, 0) is 14.8 Å². The van der Waals surface area contributed by atoms with Crippen molar-refractivity contribution < 1.29 is 13.2 Å². The van der Waals surface area contributed by atoms with Crippen molar-refractivity contribution in [2.75, 3.05) is 19.6 Å². The number of nitrogens with zero attached hydrogens (tertiary/aromatic N) is 1. The lowest BCUT2D eigenvalue weighted by Gasteiger charge is -2.35. The topological polar surface area (TPSA) is 72.6 Å². The molecule has 6 heteroatoms. The van der Waals surface area contributed by atoms with Gasteiger partial charge in [-0.1, -0.05) is 12.1 Å². The molecule has 19 heavy (non-hydrogen) atoms. The molecule has 1 aromatic carbocycles. The van der Waals surface area contributed by atoms with Crippen molar-refractivity contribution in [1.82, 2.24) is 4.31 Å². The lowest BCUT2D eigenvalue weighted by molar-refractivity contribution is -0.0486. The molecule has 0 bridgehead atoms. The van der Waals surface area contributed by atoms with Crippen molar-refractivity contribution in [3.63, 3.8) is 0 Å². The van der Waals surface area contributed by atoms with Crippen molar-refractivity contribution in [3.8, 4) is 0 Å². The van der Waals surface area contributed by atoms with Gasteiger partial charge < -0.3 is 10.5 Å². The molecular weight excluding hydrogens is 264 g/mol. The zero-order valence-corrected chi connectivity index (χ0v) is 12.1. The van der Waals surface area contributed by atoms with E-state index in [1.807, 2.05) is 19.9 Å². The molecule has 0 amide bonds. The Kier molecular flexibility index (Phi) is 4.25. The molecule has 2 unspecified atom stereocenters. The molecule has 0 radical (unpaired) electrons. The highest BCUT2D eigenvalue weighted by Gasteiger charge is 2.33. The number of nitrogens with two attached hydrogens (primary N) is 1. The van der Waals surface area contributed by atoms with E-state index in [4.69, 9.17) is 10.5 Å². The van der Waals surface area contributed by atoms with Crippen molar-refractivity contribution in [2.45, 2.75) is 31.0 Å². The first-order chi connectivity index (χ1) is 8.93. The number of aryl methyl sites for hydroxylation is 1. The fourth-order valence-electron chi connectivity index (χ4n) is 2.25. The molecule has 0 spiro atoms. The number of hydrogen-bond donors (Lipinski definition) is 1. The summed E-state index contributed by atoms with van der Waals surface area (Å²) >= 11 is 0. The standard InChI is InChI=1S/C13H20N2O3S/c1-10-4-3-5-13(6-10)19(16,17)15-8-11(2)18-12(7-14)9-15/h3-6,11-12H,7-9,14H2,1-2H3. The van der Waals surface area contributed by atoms with Crippen molar-refractivity contribution in [3.05, 3.63) is 29.8 Å². The van der Waals surface area contributed by atoms with Crippen LogP contribution < -0.4 is 5.73 Å². The average molecular weight is 284 g/mol. The van der Waals surface area contributed by atoms with Crippen molar-refractivity contribution in [1.29, 1.82) is 0 Å². The zero-order valence-electron chi connectivity index (χ0n) is 11.2. The van der Waals surface area contributed by atoms with E-state index >= 15 is 0 Å². The number of morpholine rings is 1. The second-order valence-corrected chi connectivity index (χ2v) is 6.88. The summed E-state index contributed by atoms with van der Waals surface area (Å²) in [5, 5.41) is 0. The Morgan fingerprint density at radius 3 is 2.79 bits per heavy atom. The van der Waals surface area contributed by atoms with E-state index in [2.05, 4.69) is 0 Å². The first kappa shape index (κ1) is 14.5. The number of sulfonamides is 1. The summed E-state index contributed by atoms with van der Waals surface area (Å²) in [5.74, 6) is 0. The molecule has 1 aromatic rings. The van der Waals surface area contributed by atoms with Gasteiger partial charge in [-0.2, -0.15) is 4.31 Å². The summed E-state index contributed by atoms with van der Waals surface area (Å²) in [7, 11) is -3.46. The summed E-state index contributed by atoms with van der Waals surface area (Å²) in [6, 6.07) is 6.95. The van der Waals surface area contributed by atoms with Crippen LogP contribution >= 0.6 is 0 Å². The van der Waals surface area contributed by atoms with E-state index in [0.29, 0.717) is 24.5 Å². The highest BCUT2D eigenvalue weighted by atomic mass is 32.2. The SMILES string of the molecule is Cc1cccc(S(=O)(=O)N2CC(C)OC(CN)C2)c1. The Morgan fingerprint density at radius 2 is 2.16 bits per heavy atom. The summed E-state index contributed by atoms with van der Waals surface area (Å²) in [6.45, 7) is 4.75. The fraction of sp³-hybridized carbons (Fsp3) is 0.538. The number of ether oxygens (including phenoxy) is 1. The van der Waals surface area contributed by atoms with Crippen LogP contribution in [0.4, 0.5) is 0 Å². The van der Waals surface area contributed by atoms with E-state index in [-0.39, 0.29) is 12.2 Å². The molecule has 2 N–H and O–H groups in total. The lowest BCUT2D eigenvalue weighted by atomic mass is 10.2. The summed E-state index contributed by atoms with van der Waals surface area (Å²) in [5.41, 5.74) is 6.52. The van der Waals surface area contributed by atoms with Crippen molar-refractivity contribution >= 4 is 10.0 Å². The quantitative estimate of drug-likeness (QED) is 0.888. The second-order valence-electron chi connectivity index (χ2n) is 4.94. The maximum absolute atomic E-state index is 12.6. The first-order valence-corrected chi connectivity index (χ1v) is 7.80. The number of hydrogen-bond acceptors (Lipinski definition) is 4. The van der Waals surface area contributed by atoms with Gasteiger partial charge in [0.15, 0.2) is 0 Å². The Balaban J connectivity index is 2.29. The molecule has 2 atom stereocenters. The van der Waals surface area contributed by atoms with Gasteiger partial charge in [0.1, 0.15) is 0 Å². The van der Waals surface area contributed by atoms with E-state index < -0.39 is 10.0 Å². The highest BCUT2D eigenvalue weighted by Crippen LogP contribution is 2.21. The smallest absolute Gasteiger partial charge is 0.243 e. The molecule has 0 saturated carbocycles. The molecule has 106 valence electrons. The van der Waals surface area contributed by atoms with Crippen LogP contribution in [0.5, 0.6) is 0 Å². The third kappa shape index (κ3) is 3.14. The monoisotopic (exact) mass is 284 g/mol. The van der Waals surface area contributed by atoms with Crippen LogP contribution in [0, 0.1) is 6.92 Å². The van der Waals surface area contributed by atoms with Crippen LogP contribution in [-0.4, -0.2) is 44.6 Å². The predicted octanol–water partition coefficient (Wildman–Crippen LogP) is 0.732. The van der Waals surface area contributed by atoms with Gasteiger partial charge in [-0.3, -0.25) is 0 Å². The minimum Gasteiger partial charge on any atom is -0.371 e. The minimum absolute atomic E-state index is 0.137. The molecule has 1 aliphatic rings. The van der Waals surface area contributed by atoms with E-state index in [1.165, 1.54) is 4.31 Å². The fourth-order valence-corrected chi connectivity index (χ4v) is 3.91. The Bertz CT molecular complexity index is 545. The summed E-state index contributed by atoms with van der Waals surface area (Å²) < 4.78 is 32.2.